The summed E-state index contributed by atoms with van der Waals surface area (Å²) in [6.07, 6.45) is 0.983. The first kappa shape index (κ1) is 12.4. The number of pyridine rings is 1. The zero-order valence-corrected chi connectivity index (χ0v) is 10.9. The fourth-order valence-corrected chi connectivity index (χ4v) is 1.91. The van der Waals surface area contributed by atoms with Crippen molar-refractivity contribution in [1.82, 2.24) is 25.2 Å². The summed E-state index contributed by atoms with van der Waals surface area (Å²) in [6.45, 7) is 1.68. The summed E-state index contributed by atoms with van der Waals surface area (Å²) in [7, 11) is 0. The molecule has 2 heterocycles. The number of hydrogen-bond acceptors (Lipinski definition) is 5. The van der Waals surface area contributed by atoms with Gasteiger partial charge in [-0.25, -0.2) is 4.98 Å². The molecule has 0 radical (unpaired) electrons. The smallest absolute Gasteiger partial charge is 0.205 e. The van der Waals surface area contributed by atoms with Crippen LogP contribution in [0.15, 0.2) is 48.7 Å². The summed E-state index contributed by atoms with van der Waals surface area (Å²) < 4.78 is 0. The monoisotopic (exact) mass is 267 g/mol. The van der Waals surface area contributed by atoms with E-state index in [0.717, 1.165) is 5.56 Å². The van der Waals surface area contributed by atoms with E-state index in [0.29, 0.717) is 17.2 Å². The third kappa shape index (κ3) is 2.28. The first-order chi connectivity index (χ1) is 9.75. The number of aromatic nitrogens is 5. The number of nitrogens with zero attached hydrogens (tertiary/aromatic N) is 5. The van der Waals surface area contributed by atoms with Crippen molar-refractivity contribution < 1.29 is 5.11 Å². The van der Waals surface area contributed by atoms with E-state index in [1.807, 2.05) is 30.3 Å². The Hall–Kier alpha value is -2.60. The lowest BCUT2D eigenvalue weighted by Gasteiger charge is -2.08. The topological polar surface area (TPSA) is 76.7 Å². The minimum Gasteiger partial charge on any atom is -0.389 e. The Labute approximate surface area is 115 Å². The lowest BCUT2D eigenvalue weighted by molar-refractivity contribution is 0.198. The largest absolute Gasteiger partial charge is 0.389 e. The highest BCUT2D eigenvalue weighted by Crippen LogP contribution is 2.19. The molecule has 20 heavy (non-hydrogen) atoms. The van der Waals surface area contributed by atoms with E-state index in [4.69, 9.17) is 0 Å². The Kier molecular flexibility index (Phi) is 3.22. The molecule has 0 spiro atoms. The number of rotatable bonds is 3. The highest BCUT2D eigenvalue weighted by Gasteiger charge is 2.14. The summed E-state index contributed by atoms with van der Waals surface area (Å²) in [4.78, 5) is 5.55. The van der Waals surface area contributed by atoms with Gasteiger partial charge in [0.15, 0.2) is 5.82 Å². The van der Waals surface area contributed by atoms with Gasteiger partial charge in [0, 0.05) is 17.3 Å². The first-order valence-electron chi connectivity index (χ1n) is 6.24. The van der Waals surface area contributed by atoms with Crippen molar-refractivity contribution in [2.75, 3.05) is 0 Å². The molecule has 0 saturated carbocycles. The van der Waals surface area contributed by atoms with Crippen LogP contribution in [0.5, 0.6) is 0 Å². The average molecular weight is 267 g/mol. The molecule has 0 bridgehead atoms. The molecule has 3 rings (SSSR count). The third-order valence-electron chi connectivity index (χ3n) is 2.90. The number of aliphatic hydroxyl groups is 1. The van der Waals surface area contributed by atoms with Gasteiger partial charge in [0.05, 0.1) is 6.10 Å². The van der Waals surface area contributed by atoms with Gasteiger partial charge >= 0.3 is 0 Å². The van der Waals surface area contributed by atoms with Crippen molar-refractivity contribution in [2.24, 2.45) is 0 Å². The van der Waals surface area contributed by atoms with Gasteiger partial charge in [-0.2, -0.15) is 0 Å². The highest BCUT2D eigenvalue weighted by atomic mass is 16.3. The van der Waals surface area contributed by atoms with Crippen LogP contribution in [0.2, 0.25) is 0 Å². The van der Waals surface area contributed by atoms with E-state index < -0.39 is 6.10 Å². The summed E-state index contributed by atoms with van der Waals surface area (Å²) in [6, 6.07) is 13.1. The molecule has 0 fully saturated rings. The number of benzene rings is 1. The van der Waals surface area contributed by atoms with E-state index in [2.05, 4.69) is 20.4 Å². The molecule has 1 N–H and O–H groups in total. The second-order valence-corrected chi connectivity index (χ2v) is 4.36. The predicted octanol–water partition coefficient (Wildman–Crippen LogP) is 1.78. The molecule has 1 unspecified atom stereocenters. The predicted molar refractivity (Wildman–Crippen MR) is 73.0 cm³/mol. The van der Waals surface area contributed by atoms with Gasteiger partial charge in [-0.05, 0) is 18.2 Å². The fourth-order valence-electron chi connectivity index (χ4n) is 1.91. The molecule has 0 amide bonds. The van der Waals surface area contributed by atoms with E-state index in [-0.39, 0.29) is 0 Å². The van der Waals surface area contributed by atoms with Crippen molar-refractivity contribution >= 4 is 0 Å². The minimum atomic E-state index is -0.648. The van der Waals surface area contributed by atoms with Gasteiger partial charge in [-0.1, -0.05) is 36.4 Å². The molecule has 3 aromatic rings. The van der Waals surface area contributed by atoms with Crippen molar-refractivity contribution in [2.45, 2.75) is 13.0 Å². The Balaban J connectivity index is 2.03. The second-order valence-electron chi connectivity index (χ2n) is 4.36. The minimum absolute atomic E-state index is 0.484. The van der Waals surface area contributed by atoms with Crippen LogP contribution in [0.25, 0.3) is 17.2 Å². The zero-order chi connectivity index (χ0) is 13.9. The lowest BCUT2D eigenvalue weighted by atomic mass is 10.2. The molecule has 0 saturated heterocycles. The van der Waals surface area contributed by atoms with E-state index in [1.165, 1.54) is 4.80 Å². The van der Waals surface area contributed by atoms with Crippen LogP contribution >= 0.6 is 0 Å². The summed E-state index contributed by atoms with van der Waals surface area (Å²) >= 11 is 0. The third-order valence-corrected chi connectivity index (χ3v) is 2.90. The maximum Gasteiger partial charge on any atom is 0.205 e. The van der Waals surface area contributed by atoms with Crippen molar-refractivity contribution in [3.05, 3.63) is 54.2 Å². The zero-order valence-electron chi connectivity index (χ0n) is 10.9. The lowest BCUT2D eigenvalue weighted by Crippen LogP contribution is -2.08. The Morgan fingerprint density at radius 1 is 1.10 bits per heavy atom. The van der Waals surface area contributed by atoms with Crippen LogP contribution in [0.3, 0.4) is 0 Å². The Bertz CT molecular complexity index is 708. The fraction of sp³-hybridized carbons (Fsp3) is 0.143. The summed E-state index contributed by atoms with van der Waals surface area (Å²) in [5.41, 5.74) is 1.54. The normalized spacial score (nSPS) is 12.3. The molecule has 6 heteroatoms. The van der Waals surface area contributed by atoms with Crippen LogP contribution in [0, 0.1) is 0 Å². The molecule has 6 nitrogen and oxygen atoms in total. The van der Waals surface area contributed by atoms with Gasteiger partial charge in [-0.3, -0.25) is 0 Å². The van der Waals surface area contributed by atoms with Gasteiger partial charge in [0.25, 0.3) is 0 Å². The van der Waals surface area contributed by atoms with Gasteiger partial charge in [-0.15, -0.1) is 15.0 Å². The van der Waals surface area contributed by atoms with E-state index in [1.54, 1.807) is 25.3 Å². The van der Waals surface area contributed by atoms with Crippen molar-refractivity contribution in [3.8, 4) is 17.2 Å². The number of aliphatic hydroxyl groups excluding tert-OH is 1. The van der Waals surface area contributed by atoms with E-state index in [9.17, 15) is 5.11 Å². The van der Waals surface area contributed by atoms with Gasteiger partial charge in [0.1, 0.15) is 0 Å². The first-order valence-corrected chi connectivity index (χ1v) is 6.24. The van der Waals surface area contributed by atoms with Crippen molar-refractivity contribution in [1.29, 1.82) is 0 Å². The molecule has 1 aromatic carbocycles. The van der Waals surface area contributed by atoms with Gasteiger partial charge in [0.2, 0.25) is 5.82 Å². The van der Waals surface area contributed by atoms with Crippen LogP contribution < -0.4 is 0 Å². The maximum absolute atomic E-state index is 9.76. The molecular formula is C14H13N5O. The Morgan fingerprint density at radius 2 is 1.90 bits per heavy atom. The molecule has 100 valence electrons. The number of tetrazole rings is 1. The van der Waals surface area contributed by atoms with Crippen LogP contribution in [0.1, 0.15) is 18.6 Å². The molecule has 0 aliphatic heterocycles. The quantitative estimate of drug-likeness (QED) is 0.782. The van der Waals surface area contributed by atoms with E-state index >= 15 is 0 Å². The molecule has 1 atom stereocenters. The maximum atomic E-state index is 9.76. The van der Waals surface area contributed by atoms with Gasteiger partial charge < -0.3 is 5.11 Å². The number of hydrogen-bond donors (Lipinski definition) is 1. The molecular weight excluding hydrogens is 254 g/mol. The highest BCUT2D eigenvalue weighted by molar-refractivity contribution is 5.53. The SMILES string of the molecule is CC(O)c1cccnc1-n1nnc(-c2ccccc2)n1. The summed E-state index contributed by atoms with van der Waals surface area (Å²) in [5, 5.41) is 22.1. The van der Waals surface area contributed by atoms with Crippen molar-refractivity contribution in [3.63, 3.8) is 0 Å². The molecule has 0 aliphatic carbocycles. The average Bonchev–Trinajstić information content (AvgIpc) is 2.98. The molecule has 0 aliphatic rings. The summed E-state index contributed by atoms with van der Waals surface area (Å²) in [5.74, 6) is 1.00. The standard InChI is InChI=1S/C14H13N5O/c1-10(20)12-8-5-9-15-14(12)19-17-13(16-18-19)11-6-3-2-4-7-11/h2-10,20H,1H3. The van der Waals surface area contributed by atoms with Crippen LogP contribution in [-0.4, -0.2) is 30.3 Å². The molecule has 2 aromatic heterocycles. The van der Waals surface area contributed by atoms with Crippen LogP contribution in [-0.2, 0) is 0 Å². The van der Waals surface area contributed by atoms with Crippen LogP contribution in [0.4, 0.5) is 0 Å². The second kappa shape index (κ2) is 5.18. The Morgan fingerprint density at radius 3 is 2.65 bits per heavy atom.